The van der Waals surface area contributed by atoms with Gasteiger partial charge in [-0.25, -0.2) is 8.42 Å². The van der Waals surface area contributed by atoms with Crippen LogP contribution in [-0.2, 0) is 14.6 Å². The smallest absolute Gasteiger partial charge is 0.221 e. The van der Waals surface area contributed by atoms with Crippen LogP contribution in [-0.4, -0.2) is 52.9 Å². The van der Waals surface area contributed by atoms with E-state index in [2.05, 4.69) is 10.6 Å². The van der Waals surface area contributed by atoms with Crippen LogP contribution >= 0.6 is 12.4 Å². The van der Waals surface area contributed by atoms with Gasteiger partial charge >= 0.3 is 0 Å². The van der Waals surface area contributed by atoms with E-state index < -0.39 is 9.84 Å². The molecule has 3 rings (SSSR count). The second-order valence-corrected chi connectivity index (χ2v) is 8.17. The highest BCUT2D eigenvalue weighted by atomic mass is 35.5. The van der Waals surface area contributed by atoms with E-state index in [1.165, 1.54) is 12.1 Å². The van der Waals surface area contributed by atoms with Crippen molar-refractivity contribution in [1.82, 2.24) is 10.6 Å². The Bertz CT molecular complexity index is 706. The maximum absolute atomic E-state index is 12.4. The lowest BCUT2D eigenvalue weighted by Gasteiger charge is -2.27. The Balaban J connectivity index is 0.00000225. The van der Waals surface area contributed by atoms with Crippen molar-refractivity contribution in [1.29, 1.82) is 0 Å². The Morgan fingerprint density at radius 2 is 1.92 bits per heavy atom. The van der Waals surface area contributed by atoms with Gasteiger partial charge in [0, 0.05) is 44.5 Å². The Kier molecular flexibility index (Phi) is 6.92. The number of benzene rings is 1. The van der Waals surface area contributed by atoms with Crippen LogP contribution in [0, 0.1) is 5.92 Å². The fraction of sp³-hybridized carbons (Fsp3) is 0.562. The minimum absolute atomic E-state index is 0. The summed E-state index contributed by atoms with van der Waals surface area (Å²) >= 11 is 0. The summed E-state index contributed by atoms with van der Waals surface area (Å²) in [5.74, 6) is 0.988. The number of hydrogen-bond acceptors (Lipinski definition) is 6. The number of hydrogen-bond donors (Lipinski definition) is 2. The summed E-state index contributed by atoms with van der Waals surface area (Å²) in [6.07, 6.45) is 0.713. The normalized spacial score (nSPS) is 17.0. The van der Waals surface area contributed by atoms with Crippen molar-refractivity contribution in [2.45, 2.75) is 17.7 Å². The molecule has 1 aromatic carbocycles. The number of carbonyl (C=O) groups excluding carboxylic acids is 1. The third-order valence-electron chi connectivity index (χ3n) is 4.13. The summed E-state index contributed by atoms with van der Waals surface area (Å²) in [4.78, 5) is 12.0. The number of carbonyl (C=O) groups is 1. The van der Waals surface area contributed by atoms with Crippen molar-refractivity contribution in [3.05, 3.63) is 18.2 Å². The van der Waals surface area contributed by atoms with E-state index in [1.54, 1.807) is 6.07 Å². The van der Waals surface area contributed by atoms with Crippen molar-refractivity contribution in [2.75, 3.05) is 38.6 Å². The van der Waals surface area contributed by atoms with Gasteiger partial charge < -0.3 is 20.1 Å². The van der Waals surface area contributed by atoms with Gasteiger partial charge in [0.25, 0.3) is 0 Å². The lowest BCUT2D eigenvalue weighted by Crippen LogP contribution is -2.48. The molecule has 2 aliphatic rings. The zero-order valence-electron chi connectivity index (χ0n) is 13.8. The monoisotopic (exact) mass is 390 g/mol. The van der Waals surface area contributed by atoms with Gasteiger partial charge in [0.2, 0.25) is 5.91 Å². The van der Waals surface area contributed by atoms with Gasteiger partial charge in [-0.3, -0.25) is 4.79 Å². The van der Waals surface area contributed by atoms with Crippen molar-refractivity contribution in [3.8, 4) is 11.5 Å². The van der Waals surface area contributed by atoms with Gasteiger partial charge in [-0.2, -0.15) is 0 Å². The first-order valence-corrected chi connectivity index (χ1v) is 9.80. The van der Waals surface area contributed by atoms with Crippen molar-refractivity contribution in [3.63, 3.8) is 0 Å². The first-order chi connectivity index (χ1) is 11.5. The molecule has 2 aliphatic heterocycles. The summed E-state index contributed by atoms with van der Waals surface area (Å²) in [7, 11) is -3.54. The Morgan fingerprint density at radius 3 is 2.60 bits per heavy atom. The predicted octanol–water partition coefficient (Wildman–Crippen LogP) is 0.769. The van der Waals surface area contributed by atoms with E-state index in [0.717, 1.165) is 19.5 Å². The molecule has 2 N–H and O–H groups in total. The second kappa shape index (κ2) is 8.73. The quantitative estimate of drug-likeness (QED) is 0.745. The molecule has 0 spiro atoms. The number of amides is 1. The van der Waals surface area contributed by atoms with E-state index in [0.29, 0.717) is 37.2 Å². The molecule has 1 fully saturated rings. The number of nitrogens with one attached hydrogen (secondary N) is 2. The molecule has 25 heavy (non-hydrogen) atoms. The van der Waals surface area contributed by atoms with Crippen molar-refractivity contribution >= 4 is 28.2 Å². The molecule has 0 aromatic heterocycles. The van der Waals surface area contributed by atoms with E-state index >= 15 is 0 Å². The SMILES string of the molecule is Cl.O=C(CCS(=O)(=O)c1ccc2c(c1)OCCCO2)NCC1CNC1. The first kappa shape index (κ1) is 19.8. The number of fused-ring (bicyclic) bond motifs is 1. The van der Waals surface area contributed by atoms with E-state index in [-0.39, 0.29) is 35.4 Å². The minimum atomic E-state index is -3.54. The van der Waals surface area contributed by atoms with Crippen LogP contribution < -0.4 is 20.1 Å². The van der Waals surface area contributed by atoms with Crippen LogP contribution in [0.4, 0.5) is 0 Å². The number of rotatable bonds is 6. The molecule has 1 saturated heterocycles. The highest BCUT2D eigenvalue weighted by molar-refractivity contribution is 7.91. The molecule has 1 amide bonds. The van der Waals surface area contributed by atoms with Crippen LogP contribution in [0.2, 0.25) is 0 Å². The van der Waals surface area contributed by atoms with Crippen LogP contribution in [0.5, 0.6) is 11.5 Å². The second-order valence-electron chi connectivity index (χ2n) is 6.06. The molecule has 2 heterocycles. The summed E-state index contributed by atoms with van der Waals surface area (Å²) in [5, 5.41) is 5.90. The summed E-state index contributed by atoms with van der Waals surface area (Å²) in [6.45, 7) is 3.44. The maximum Gasteiger partial charge on any atom is 0.221 e. The number of sulfone groups is 1. The Morgan fingerprint density at radius 1 is 1.20 bits per heavy atom. The zero-order chi connectivity index (χ0) is 17.0. The van der Waals surface area contributed by atoms with Gasteiger partial charge in [0.1, 0.15) is 0 Å². The average molecular weight is 391 g/mol. The van der Waals surface area contributed by atoms with Crippen molar-refractivity contribution < 1.29 is 22.7 Å². The molecule has 0 aliphatic carbocycles. The van der Waals surface area contributed by atoms with Crippen molar-refractivity contribution in [2.24, 2.45) is 5.92 Å². The van der Waals surface area contributed by atoms with Crippen LogP contribution in [0.15, 0.2) is 23.1 Å². The highest BCUT2D eigenvalue weighted by Crippen LogP contribution is 2.32. The molecule has 1 aromatic rings. The van der Waals surface area contributed by atoms with Gasteiger partial charge in [-0.1, -0.05) is 0 Å². The van der Waals surface area contributed by atoms with Crippen LogP contribution in [0.3, 0.4) is 0 Å². The molecular weight excluding hydrogens is 368 g/mol. The third kappa shape index (κ3) is 5.23. The summed E-state index contributed by atoms with van der Waals surface area (Å²) < 4.78 is 35.9. The highest BCUT2D eigenvalue weighted by Gasteiger charge is 2.21. The van der Waals surface area contributed by atoms with E-state index in [1.807, 2.05) is 0 Å². The molecule has 0 atom stereocenters. The predicted molar refractivity (Wildman–Crippen MR) is 95.3 cm³/mol. The van der Waals surface area contributed by atoms with E-state index in [4.69, 9.17) is 9.47 Å². The average Bonchev–Trinajstić information content (AvgIpc) is 2.76. The Hall–Kier alpha value is -1.51. The lowest BCUT2D eigenvalue weighted by atomic mass is 10.0. The molecular formula is C16H23ClN2O5S. The minimum Gasteiger partial charge on any atom is -0.490 e. The standard InChI is InChI=1S/C16H22N2O5S.ClH/c19-16(18-11-12-9-17-10-12)4-7-24(20,21)13-2-3-14-15(8-13)23-6-1-5-22-14;/h2-3,8,12,17H,1,4-7,9-11H2,(H,18,19);1H. The third-order valence-corrected chi connectivity index (χ3v) is 5.84. The Labute approximate surface area is 153 Å². The van der Waals surface area contributed by atoms with Gasteiger partial charge in [0.05, 0.1) is 23.9 Å². The largest absolute Gasteiger partial charge is 0.490 e. The molecule has 140 valence electrons. The number of halogens is 1. The molecule has 0 saturated carbocycles. The van der Waals surface area contributed by atoms with Gasteiger partial charge in [-0.05, 0) is 12.1 Å². The molecule has 9 heteroatoms. The van der Waals surface area contributed by atoms with Crippen LogP contribution in [0.25, 0.3) is 0 Å². The topological polar surface area (TPSA) is 93.7 Å². The molecule has 7 nitrogen and oxygen atoms in total. The van der Waals surface area contributed by atoms with Gasteiger partial charge in [-0.15, -0.1) is 12.4 Å². The van der Waals surface area contributed by atoms with Gasteiger partial charge in [0.15, 0.2) is 21.3 Å². The molecule has 0 bridgehead atoms. The number of ether oxygens (including phenoxy) is 2. The van der Waals surface area contributed by atoms with Crippen LogP contribution in [0.1, 0.15) is 12.8 Å². The molecule has 0 unspecified atom stereocenters. The zero-order valence-corrected chi connectivity index (χ0v) is 15.5. The lowest BCUT2D eigenvalue weighted by molar-refractivity contribution is -0.120. The molecule has 0 radical (unpaired) electrons. The first-order valence-electron chi connectivity index (χ1n) is 8.14. The summed E-state index contributed by atoms with van der Waals surface area (Å²) in [6, 6.07) is 4.59. The van der Waals surface area contributed by atoms with E-state index in [9.17, 15) is 13.2 Å². The maximum atomic E-state index is 12.4. The summed E-state index contributed by atoms with van der Waals surface area (Å²) in [5.41, 5.74) is 0. The fourth-order valence-electron chi connectivity index (χ4n) is 2.52. The fourth-order valence-corrected chi connectivity index (χ4v) is 3.77.